The Morgan fingerprint density at radius 3 is 0.660 bits per heavy atom. The molecule has 0 saturated carbocycles. The Labute approximate surface area is 627 Å². The van der Waals surface area contributed by atoms with Crippen LogP contribution in [0.3, 0.4) is 0 Å². The first-order valence-electron chi connectivity index (χ1n) is 30.2. The first kappa shape index (κ1) is 77.3. The van der Waals surface area contributed by atoms with E-state index in [-0.39, 0.29) is 29.6 Å². The number of hydrogen-bond acceptors (Lipinski definition) is 3. The third kappa shape index (κ3) is 25.1. The fourth-order valence-corrected chi connectivity index (χ4v) is 10.9. The third-order valence-electron chi connectivity index (χ3n) is 14.6. The second-order valence-corrected chi connectivity index (χ2v) is 25.2. The van der Waals surface area contributed by atoms with Gasteiger partial charge in [-0.2, -0.15) is 0 Å². The van der Waals surface area contributed by atoms with Crippen LogP contribution < -0.4 is 29.6 Å². The molecular weight excluding hydrogens is 1370 g/mol. The predicted molar refractivity (Wildman–Crippen MR) is 416 cm³/mol. The normalized spacial score (nSPS) is 9.88. The number of halogens is 5. The molecule has 7 nitrogen and oxygen atoms in total. The number of alkyl halides is 5. The van der Waals surface area contributed by atoms with Crippen LogP contribution >= 0.6 is 75.1 Å². The van der Waals surface area contributed by atoms with E-state index in [0.29, 0.717) is 6.54 Å². The number of aryl methyl sites for hydroxylation is 1. The topological polar surface area (TPSA) is 120 Å². The molecule has 0 amide bonds. The number of nitrogens with zero attached hydrogens (tertiary/aromatic N) is 7. The minimum atomic E-state index is -1.61. The SMILES string of the molecule is BrCc1ccc(C(=C(c2ccccc2)c2ccccc2)c2ccccc2)cc1.Cc1ccc(C(=C(c2ccccc2)c2ccccc2)c2ccccc2)cc1.ClC(Cl)(Cl)Cl.[B]=NS.[N-]=[N+]=NCc1ccc(C(=C(c2ccccc2)c2ccccc2)c2ccccc2)cc1.[N-]=[N+]=[N-].[Na+]. The molecular formula is C82H65BBrCl4N7NaS. The number of benzene rings is 12. The summed E-state index contributed by atoms with van der Waals surface area (Å²) in [5.74, 6) is 0. The first-order chi connectivity index (χ1) is 46.9. The Hall–Kier alpha value is -8.67. The minimum Gasteiger partial charge on any atom is -0.373 e. The van der Waals surface area contributed by atoms with Crippen molar-refractivity contribution in [2.24, 2.45) is 9.41 Å². The van der Waals surface area contributed by atoms with Gasteiger partial charge in [0.05, 0.1) is 6.54 Å². The summed E-state index contributed by atoms with van der Waals surface area (Å²) in [5.41, 5.74) is 47.4. The van der Waals surface area contributed by atoms with Crippen molar-refractivity contribution in [3.8, 4) is 0 Å². The third-order valence-corrected chi connectivity index (χ3v) is 15.3. The molecule has 12 aromatic carbocycles. The van der Waals surface area contributed by atoms with Gasteiger partial charge in [-0.15, -0.1) is 0 Å². The molecule has 0 fully saturated rings. The summed E-state index contributed by atoms with van der Waals surface area (Å²) in [4.78, 5) is 4.36. The van der Waals surface area contributed by atoms with Crippen LogP contribution in [-0.4, -0.2) is 10.9 Å². The Bertz CT molecular complexity index is 4330. The molecule has 97 heavy (non-hydrogen) atoms. The van der Waals surface area contributed by atoms with Gasteiger partial charge in [0, 0.05) is 10.2 Å². The van der Waals surface area contributed by atoms with Gasteiger partial charge in [-0.25, -0.2) is 0 Å². The van der Waals surface area contributed by atoms with Gasteiger partial charge in [-0.3, -0.25) is 4.91 Å². The second kappa shape index (κ2) is 42.8. The molecule has 0 aromatic heterocycles. The molecule has 12 rings (SSSR count). The van der Waals surface area contributed by atoms with E-state index in [0.717, 1.165) is 22.0 Å². The van der Waals surface area contributed by atoms with Crippen molar-refractivity contribution in [2.75, 3.05) is 0 Å². The van der Waals surface area contributed by atoms with Gasteiger partial charge in [0.2, 0.25) is 0 Å². The van der Waals surface area contributed by atoms with Gasteiger partial charge in [0.15, 0.2) is 0 Å². The van der Waals surface area contributed by atoms with Crippen LogP contribution in [0.4, 0.5) is 0 Å². The van der Waals surface area contributed by atoms with Crippen molar-refractivity contribution in [2.45, 2.75) is 22.1 Å². The maximum absolute atomic E-state index is 8.59. The summed E-state index contributed by atoms with van der Waals surface area (Å²) in [7, 11) is 4.34. The molecule has 0 aliphatic carbocycles. The fraction of sp³-hybridized carbons (Fsp3) is 0.0488. The number of thiol groups is 1. The Kier molecular flexibility index (Phi) is 34.1. The Balaban J connectivity index is 0.000000212. The predicted octanol–water partition coefficient (Wildman–Crippen LogP) is 22.7. The van der Waals surface area contributed by atoms with E-state index < -0.39 is 3.25 Å². The molecule has 0 aliphatic rings. The van der Waals surface area contributed by atoms with Crippen molar-refractivity contribution < 1.29 is 29.6 Å². The maximum Gasteiger partial charge on any atom is 1.00 e. The molecule has 0 aliphatic heterocycles. The zero-order chi connectivity index (χ0) is 68.2. The number of hydrogen-bond donors (Lipinski definition) is 1. The molecule has 0 heterocycles. The van der Waals surface area contributed by atoms with Crippen LogP contribution in [0, 0.1) is 6.92 Å². The van der Waals surface area contributed by atoms with Crippen molar-refractivity contribution >= 4 is 116 Å². The van der Waals surface area contributed by atoms with E-state index in [9.17, 15) is 0 Å². The molecule has 12 aromatic rings. The van der Waals surface area contributed by atoms with Gasteiger partial charge < -0.3 is 11.1 Å². The van der Waals surface area contributed by atoms with E-state index >= 15 is 0 Å². The van der Waals surface area contributed by atoms with Crippen LogP contribution in [-0.2, 0) is 11.9 Å². The monoisotopic (exact) mass is 1430 g/mol. The molecule has 0 bridgehead atoms. The molecule has 15 heteroatoms. The average Bonchev–Trinajstić information content (AvgIpc) is 0.824. The largest absolute Gasteiger partial charge is 1.00 e. The van der Waals surface area contributed by atoms with Crippen LogP contribution in [0.25, 0.3) is 59.9 Å². The quantitative estimate of drug-likeness (QED) is 0.0200. The van der Waals surface area contributed by atoms with E-state index in [2.05, 4.69) is 373 Å². The standard InChI is InChI=1S/C27H21Br.C27H21N3.C27H22.CCl4.BHNS.N3.Na/c28-20-21-16-18-25(19-17-21)27(24-14-8-3-9-15-24)26(22-10-4-1-5-11-22)23-12-6-2-7-13-23;28-30-29-20-21-16-18-25(19-17-21)27(24-14-8-3-9-15-24)26(22-10-4-1-5-11-22)23-12-6-2-7-13-23;1-21-17-19-25(20-18-21)27(24-15-9-4-10-16-24)26(22-11-5-2-6-12-22)23-13-7-3-8-14-23;2-1(3,4)5;1-2-3;1-3-2;/h1-19H,20H2;1-19H,20H2;2-20H,1H3;;3H;;/q;;;;;-1;+1. The molecule has 0 saturated heterocycles. The summed E-state index contributed by atoms with van der Waals surface area (Å²) in [6, 6.07) is 121. The molecule has 1 radical (unpaired) electrons. The van der Waals surface area contributed by atoms with E-state index in [1.165, 1.54) is 105 Å². The zero-order valence-electron chi connectivity index (χ0n) is 53.4. The smallest absolute Gasteiger partial charge is 0.373 e. The summed E-state index contributed by atoms with van der Waals surface area (Å²) in [6.07, 6.45) is 0. The zero-order valence-corrected chi connectivity index (χ0v) is 60.9. The van der Waals surface area contributed by atoms with Gasteiger partial charge in [-0.1, -0.05) is 419 Å². The van der Waals surface area contributed by atoms with Crippen LogP contribution in [0.1, 0.15) is 83.5 Å². The maximum atomic E-state index is 8.59. The molecule has 473 valence electrons. The summed E-state index contributed by atoms with van der Waals surface area (Å²) in [5, 5.41) is 4.54. The van der Waals surface area contributed by atoms with Gasteiger partial charge in [0.1, 0.15) is 0 Å². The van der Waals surface area contributed by atoms with Gasteiger partial charge >= 0.3 is 54.3 Å². The fourth-order valence-electron chi connectivity index (χ4n) is 10.5. The van der Waals surface area contributed by atoms with E-state index in [4.69, 9.17) is 63.0 Å². The second-order valence-electron chi connectivity index (χ2n) is 21.0. The van der Waals surface area contributed by atoms with E-state index in [1.54, 1.807) is 0 Å². The van der Waals surface area contributed by atoms with Crippen molar-refractivity contribution in [3.05, 3.63) is 456 Å². The summed E-state index contributed by atoms with van der Waals surface area (Å²) >= 11 is 26.1. The van der Waals surface area contributed by atoms with Gasteiger partial charge in [0.25, 0.3) is 3.25 Å². The average molecular weight is 1440 g/mol. The van der Waals surface area contributed by atoms with Crippen molar-refractivity contribution in [1.82, 2.24) is 0 Å². The van der Waals surface area contributed by atoms with Gasteiger partial charge in [-0.05, 0) is 124 Å². The molecule has 0 N–H and O–H groups in total. The Morgan fingerprint density at radius 1 is 0.340 bits per heavy atom. The molecule has 0 atom stereocenters. The van der Waals surface area contributed by atoms with E-state index in [1.807, 2.05) is 30.3 Å². The Morgan fingerprint density at radius 2 is 0.495 bits per heavy atom. The summed E-state index contributed by atoms with van der Waals surface area (Å²) in [6.45, 7) is 2.48. The minimum absolute atomic E-state index is 0. The number of rotatable bonds is 15. The molecule has 0 unspecified atom stereocenters. The first-order valence-corrected chi connectivity index (χ1v) is 33.2. The summed E-state index contributed by atoms with van der Waals surface area (Å²) < 4.78 is 1.08. The van der Waals surface area contributed by atoms with Crippen LogP contribution in [0.5, 0.6) is 0 Å². The molecule has 0 spiro atoms. The van der Waals surface area contributed by atoms with Crippen LogP contribution in [0.2, 0.25) is 0 Å². The van der Waals surface area contributed by atoms with Crippen molar-refractivity contribution in [1.29, 1.82) is 0 Å². The number of azide groups is 1. The van der Waals surface area contributed by atoms with Crippen molar-refractivity contribution in [3.63, 3.8) is 0 Å². The van der Waals surface area contributed by atoms with Crippen LogP contribution in [0.15, 0.2) is 355 Å².